The number of carbonyl (C=O) groups excluding carboxylic acids is 1. The normalized spacial score (nSPS) is 12.2. The first-order valence-electron chi connectivity index (χ1n) is 4.25. The van der Waals surface area contributed by atoms with Crippen molar-refractivity contribution in [3.05, 3.63) is 12.7 Å². The lowest BCUT2D eigenvalue weighted by molar-refractivity contribution is -0.121. The van der Waals surface area contributed by atoms with Crippen LogP contribution in [0.15, 0.2) is 12.7 Å². The Morgan fingerprint density at radius 1 is 1.77 bits per heavy atom. The van der Waals surface area contributed by atoms with Gasteiger partial charge in [-0.05, 0) is 6.42 Å². The van der Waals surface area contributed by atoms with Gasteiger partial charge in [-0.2, -0.15) is 0 Å². The quantitative estimate of drug-likeness (QED) is 0.555. The third-order valence-electron chi connectivity index (χ3n) is 1.47. The Kier molecular flexibility index (Phi) is 7.24. The summed E-state index contributed by atoms with van der Waals surface area (Å²) < 4.78 is 4.70. The van der Waals surface area contributed by atoms with Crippen molar-refractivity contribution >= 4 is 5.91 Å². The molecule has 0 aromatic heterocycles. The van der Waals surface area contributed by atoms with Crippen molar-refractivity contribution in [1.29, 1.82) is 0 Å². The van der Waals surface area contributed by atoms with Gasteiger partial charge in [0.15, 0.2) is 0 Å². The molecule has 0 saturated carbocycles. The summed E-state index contributed by atoms with van der Waals surface area (Å²) in [6.45, 7) is 3.99. The molecule has 4 nitrogen and oxygen atoms in total. The molecular weight excluding hydrogens is 170 g/mol. The van der Waals surface area contributed by atoms with Crippen LogP contribution >= 0.6 is 0 Å². The fraction of sp³-hybridized carbons (Fsp3) is 0.667. The van der Waals surface area contributed by atoms with Crippen LogP contribution in [0.4, 0.5) is 0 Å². The first-order chi connectivity index (χ1) is 6.20. The molecule has 0 aromatic carbocycles. The molecule has 1 amide bonds. The van der Waals surface area contributed by atoms with E-state index in [2.05, 4.69) is 11.9 Å². The minimum Gasteiger partial charge on any atom is -0.389 e. The standard InChI is InChI=1S/C9H17NO3/c1-3-4-5-9(12)10-6-8(11)7-13-2/h3,8,11H,1,4-7H2,2H3,(H,10,12). The van der Waals surface area contributed by atoms with E-state index < -0.39 is 6.10 Å². The molecule has 0 saturated heterocycles. The third kappa shape index (κ3) is 7.49. The van der Waals surface area contributed by atoms with E-state index in [1.807, 2.05) is 0 Å². The monoisotopic (exact) mass is 187 g/mol. The van der Waals surface area contributed by atoms with Gasteiger partial charge in [-0.1, -0.05) is 6.08 Å². The molecule has 76 valence electrons. The average molecular weight is 187 g/mol. The fourth-order valence-electron chi connectivity index (χ4n) is 0.805. The molecule has 13 heavy (non-hydrogen) atoms. The molecule has 1 unspecified atom stereocenters. The highest BCUT2D eigenvalue weighted by Gasteiger charge is 2.05. The Balaban J connectivity index is 3.39. The molecule has 0 aromatic rings. The van der Waals surface area contributed by atoms with E-state index in [4.69, 9.17) is 9.84 Å². The zero-order valence-corrected chi connectivity index (χ0v) is 7.95. The highest BCUT2D eigenvalue weighted by atomic mass is 16.5. The largest absolute Gasteiger partial charge is 0.389 e. The number of hydrogen-bond acceptors (Lipinski definition) is 3. The fourth-order valence-corrected chi connectivity index (χ4v) is 0.805. The third-order valence-corrected chi connectivity index (χ3v) is 1.47. The number of ether oxygens (including phenoxy) is 1. The van der Waals surface area contributed by atoms with Gasteiger partial charge in [0, 0.05) is 20.1 Å². The number of aliphatic hydroxyl groups is 1. The number of rotatable bonds is 7. The first kappa shape index (κ1) is 12.1. The van der Waals surface area contributed by atoms with Crippen LogP contribution in [-0.4, -0.2) is 37.4 Å². The molecule has 0 radical (unpaired) electrons. The number of nitrogens with one attached hydrogen (secondary N) is 1. The number of methoxy groups -OCH3 is 1. The summed E-state index contributed by atoms with van der Waals surface area (Å²) >= 11 is 0. The summed E-state index contributed by atoms with van der Waals surface area (Å²) in [4.78, 5) is 11.0. The predicted octanol–water partition coefficient (Wildman–Crippen LogP) is 0.0761. The second-order valence-electron chi connectivity index (χ2n) is 2.74. The number of carbonyl (C=O) groups is 1. The topological polar surface area (TPSA) is 58.6 Å². The molecular formula is C9H17NO3. The predicted molar refractivity (Wildman–Crippen MR) is 50.3 cm³/mol. The van der Waals surface area contributed by atoms with Gasteiger partial charge in [-0.15, -0.1) is 6.58 Å². The maximum absolute atomic E-state index is 11.0. The van der Waals surface area contributed by atoms with Crippen LogP contribution in [0.2, 0.25) is 0 Å². The van der Waals surface area contributed by atoms with Gasteiger partial charge in [0.25, 0.3) is 0 Å². The van der Waals surface area contributed by atoms with E-state index in [9.17, 15) is 4.79 Å². The average Bonchev–Trinajstić information content (AvgIpc) is 2.12. The summed E-state index contributed by atoms with van der Waals surface area (Å²) in [5, 5.41) is 11.7. The van der Waals surface area contributed by atoms with Crippen molar-refractivity contribution in [2.75, 3.05) is 20.3 Å². The Bertz CT molecular complexity index is 159. The van der Waals surface area contributed by atoms with Gasteiger partial charge < -0.3 is 15.2 Å². The van der Waals surface area contributed by atoms with Gasteiger partial charge in [0.1, 0.15) is 0 Å². The molecule has 1 atom stereocenters. The lowest BCUT2D eigenvalue weighted by Gasteiger charge is -2.09. The van der Waals surface area contributed by atoms with Crippen LogP contribution in [0.5, 0.6) is 0 Å². The van der Waals surface area contributed by atoms with Crippen LogP contribution in [0.1, 0.15) is 12.8 Å². The van der Waals surface area contributed by atoms with E-state index >= 15 is 0 Å². The molecule has 0 fully saturated rings. The molecule has 0 aliphatic carbocycles. The highest BCUT2D eigenvalue weighted by Crippen LogP contribution is 1.89. The zero-order valence-electron chi connectivity index (χ0n) is 7.95. The Labute approximate surface area is 78.6 Å². The summed E-state index contributed by atoms with van der Waals surface area (Å²) in [7, 11) is 1.50. The van der Waals surface area contributed by atoms with E-state index in [1.165, 1.54) is 7.11 Å². The summed E-state index contributed by atoms with van der Waals surface area (Å²) in [5.74, 6) is -0.0740. The Morgan fingerprint density at radius 3 is 3.00 bits per heavy atom. The lowest BCUT2D eigenvalue weighted by atomic mass is 10.3. The number of allylic oxidation sites excluding steroid dienone is 1. The number of amides is 1. The maximum atomic E-state index is 11.0. The van der Waals surface area contributed by atoms with Crippen LogP contribution in [-0.2, 0) is 9.53 Å². The van der Waals surface area contributed by atoms with Gasteiger partial charge in [0.05, 0.1) is 12.7 Å². The van der Waals surface area contributed by atoms with E-state index in [1.54, 1.807) is 6.08 Å². The van der Waals surface area contributed by atoms with Crippen molar-refractivity contribution in [3.8, 4) is 0 Å². The van der Waals surface area contributed by atoms with Gasteiger partial charge in [-0.3, -0.25) is 4.79 Å². The molecule has 0 bridgehead atoms. The minimum absolute atomic E-state index is 0.0740. The van der Waals surface area contributed by atoms with E-state index in [0.29, 0.717) is 12.8 Å². The highest BCUT2D eigenvalue weighted by molar-refractivity contribution is 5.75. The van der Waals surface area contributed by atoms with Gasteiger partial charge in [-0.25, -0.2) is 0 Å². The van der Waals surface area contributed by atoms with Crippen LogP contribution in [0.25, 0.3) is 0 Å². The maximum Gasteiger partial charge on any atom is 0.220 e. The van der Waals surface area contributed by atoms with Crippen molar-refractivity contribution in [2.24, 2.45) is 0 Å². The summed E-state index contributed by atoms with van der Waals surface area (Å²) in [6.07, 6.45) is 2.14. The molecule has 4 heteroatoms. The second kappa shape index (κ2) is 7.76. The lowest BCUT2D eigenvalue weighted by Crippen LogP contribution is -2.34. The van der Waals surface area contributed by atoms with Crippen molar-refractivity contribution < 1.29 is 14.6 Å². The van der Waals surface area contributed by atoms with Gasteiger partial charge in [0.2, 0.25) is 5.91 Å². The summed E-state index contributed by atoms with van der Waals surface area (Å²) in [5.41, 5.74) is 0. The molecule has 0 heterocycles. The number of aliphatic hydroxyl groups excluding tert-OH is 1. The number of hydrogen-bond donors (Lipinski definition) is 2. The SMILES string of the molecule is C=CCCC(=O)NCC(O)COC. The van der Waals surface area contributed by atoms with Crippen molar-refractivity contribution in [1.82, 2.24) is 5.32 Å². The van der Waals surface area contributed by atoms with Crippen LogP contribution < -0.4 is 5.32 Å². The molecule has 0 rings (SSSR count). The first-order valence-corrected chi connectivity index (χ1v) is 4.25. The molecule has 0 aliphatic rings. The Morgan fingerprint density at radius 2 is 2.46 bits per heavy atom. The van der Waals surface area contributed by atoms with Crippen LogP contribution in [0.3, 0.4) is 0 Å². The van der Waals surface area contributed by atoms with E-state index in [0.717, 1.165) is 0 Å². The van der Waals surface area contributed by atoms with Crippen molar-refractivity contribution in [2.45, 2.75) is 18.9 Å². The second-order valence-corrected chi connectivity index (χ2v) is 2.74. The molecule has 2 N–H and O–H groups in total. The molecule has 0 spiro atoms. The van der Waals surface area contributed by atoms with Gasteiger partial charge >= 0.3 is 0 Å². The zero-order chi connectivity index (χ0) is 10.1. The van der Waals surface area contributed by atoms with Crippen molar-refractivity contribution in [3.63, 3.8) is 0 Å². The van der Waals surface area contributed by atoms with E-state index in [-0.39, 0.29) is 19.1 Å². The minimum atomic E-state index is -0.627. The Hall–Kier alpha value is -0.870. The summed E-state index contributed by atoms with van der Waals surface area (Å²) in [6, 6.07) is 0. The molecule has 0 aliphatic heterocycles. The smallest absolute Gasteiger partial charge is 0.220 e. The van der Waals surface area contributed by atoms with Crippen LogP contribution in [0, 0.1) is 0 Å².